The minimum Gasteiger partial charge on any atom is -0.332 e. The van der Waals surface area contributed by atoms with Gasteiger partial charge in [-0.2, -0.15) is 28.1 Å². The SMILES string of the molecule is C[C@@H](c1ncnn1C1=NN(C)C(=O)CC1)N(C)C(=O)c1cc(Cl)cc(C(F)(F)F)c1. The first kappa shape index (κ1) is 21.8. The van der Waals surface area contributed by atoms with Gasteiger partial charge in [-0.15, -0.1) is 0 Å². The molecule has 0 radical (unpaired) electrons. The van der Waals surface area contributed by atoms with Gasteiger partial charge in [0, 0.05) is 37.5 Å². The molecule has 0 spiro atoms. The summed E-state index contributed by atoms with van der Waals surface area (Å²) in [7, 11) is 2.97. The van der Waals surface area contributed by atoms with Crippen LogP contribution >= 0.6 is 11.6 Å². The van der Waals surface area contributed by atoms with Crippen molar-refractivity contribution in [3.8, 4) is 0 Å². The number of alkyl halides is 3. The van der Waals surface area contributed by atoms with Crippen molar-refractivity contribution in [2.45, 2.75) is 32.0 Å². The zero-order chi connectivity index (χ0) is 22.2. The highest BCUT2D eigenvalue weighted by Gasteiger charge is 2.33. The monoisotopic (exact) mass is 442 g/mol. The Bertz CT molecular complexity index is 1020. The number of amides is 2. The second-order valence-corrected chi connectivity index (χ2v) is 7.22. The Balaban J connectivity index is 1.89. The van der Waals surface area contributed by atoms with E-state index in [0.29, 0.717) is 18.1 Å². The zero-order valence-electron chi connectivity index (χ0n) is 16.3. The molecule has 8 nitrogen and oxygen atoms in total. The molecule has 1 aromatic carbocycles. The molecule has 0 N–H and O–H groups in total. The minimum atomic E-state index is -4.63. The molecule has 2 amide bonds. The number of nitrogens with zero attached hydrogens (tertiary/aromatic N) is 6. The maximum absolute atomic E-state index is 13.1. The molecule has 0 bridgehead atoms. The first-order chi connectivity index (χ1) is 14.0. The van der Waals surface area contributed by atoms with E-state index in [-0.39, 0.29) is 22.9 Å². The summed E-state index contributed by atoms with van der Waals surface area (Å²) in [6, 6.07) is 2.04. The second-order valence-electron chi connectivity index (χ2n) is 6.78. The molecule has 3 rings (SSSR count). The highest BCUT2D eigenvalue weighted by molar-refractivity contribution is 6.31. The number of hydrogen-bond donors (Lipinski definition) is 0. The van der Waals surface area contributed by atoms with Gasteiger partial charge in [0.15, 0.2) is 11.7 Å². The summed E-state index contributed by atoms with van der Waals surface area (Å²) in [4.78, 5) is 29.9. The molecular formula is C18H18ClF3N6O2. The number of hydrogen-bond acceptors (Lipinski definition) is 5. The van der Waals surface area contributed by atoms with E-state index < -0.39 is 23.7 Å². The summed E-state index contributed by atoms with van der Waals surface area (Å²) < 4.78 is 40.6. The molecule has 0 saturated carbocycles. The molecule has 30 heavy (non-hydrogen) atoms. The molecule has 1 aliphatic heterocycles. The third-order valence-corrected chi connectivity index (χ3v) is 4.97. The lowest BCUT2D eigenvalue weighted by atomic mass is 10.1. The summed E-state index contributed by atoms with van der Waals surface area (Å²) in [6.07, 6.45) is -2.76. The van der Waals surface area contributed by atoms with E-state index in [1.54, 1.807) is 6.92 Å². The number of benzene rings is 1. The van der Waals surface area contributed by atoms with E-state index in [4.69, 9.17) is 11.6 Å². The van der Waals surface area contributed by atoms with Gasteiger partial charge in [0.25, 0.3) is 5.91 Å². The van der Waals surface area contributed by atoms with Crippen LogP contribution in [0.2, 0.25) is 5.02 Å². The van der Waals surface area contributed by atoms with Crippen molar-refractivity contribution >= 4 is 29.3 Å². The van der Waals surface area contributed by atoms with Crippen molar-refractivity contribution in [1.82, 2.24) is 24.7 Å². The Hall–Kier alpha value is -2.95. The van der Waals surface area contributed by atoms with E-state index >= 15 is 0 Å². The van der Waals surface area contributed by atoms with E-state index in [0.717, 1.165) is 12.1 Å². The van der Waals surface area contributed by atoms with Crippen molar-refractivity contribution in [2.24, 2.45) is 5.10 Å². The Kier molecular flexibility index (Phi) is 5.84. The highest BCUT2D eigenvalue weighted by Crippen LogP contribution is 2.32. The summed E-state index contributed by atoms with van der Waals surface area (Å²) in [5.74, 6) is 0.0231. The summed E-state index contributed by atoms with van der Waals surface area (Å²) in [5, 5.41) is 9.31. The topological polar surface area (TPSA) is 83.7 Å². The standard InChI is InChI=1S/C18H18ClF3N6O2/c1-10(16-23-9-24-28(16)14-4-5-15(29)27(3)25-14)26(2)17(30)11-6-12(18(20,21)22)8-13(19)7-11/h6-10H,4-5H2,1-3H3/t10-/m0/s1. The van der Waals surface area contributed by atoms with Crippen molar-refractivity contribution in [1.29, 1.82) is 0 Å². The van der Waals surface area contributed by atoms with E-state index in [1.807, 2.05) is 0 Å². The first-order valence-electron chi connectivity index (χ1n) is 8.88. The normalized spacial score (nSPS) is 15.8. The lowest BCUT2D eigenvalue weighted by Gasteiger charge is -2.26. The third kappa shape index (κ3) is 4.30. The molecule has 0 aliphatic carbocycles. The van der Waals surface area contributed by atoms with Crippen molar-refractivity contribution in [2.75, 3.05) is 14.1 Å². The fourth-order valence-electron chi connectivity index (χ4n) is 2.97. The Morgan fingerprint density at radius 2 is 1.97 bits per heavy atom. The molecule has 12 heteroatoms. The van der Waals surface area contributed by atoms with Crippen LogP contribution in [0.25, 0.3) is 0 Å². The van der Waals surface area contributed by atoms with Crippen molar-refractivity contribution < 1.29 is 22.8 Å². The molecule has 0 saturated heterocycles. The lowest BCUT2D eigenvalue weighted by Crippen LogP contribution is -2.35. The smallest absolute Gasteiger partial charge is 0.332 e. The molecule has 2 heterocycles. The minimum absolute atomic E-state index is 0.137. The van der Waals surface area contributed by atoms with E-state index in [9.17, 15) is 22.8 Å². The number of hydrazone groups is 1. The van der Waals surface area contributed by atoms with Crippen LogP contribution in [0.5, 0.6) is 0 Å². The van der Waals surface area contributed by atoms with Crippen LogP contribution in [0.4, 0.5) is 13.2 Å². The van der Waals surface area contributed by atoms with Crippen LogP contribution in [0.1, 0.15) is 47.6 Å². The van der Waals surface area contributed by atoms with Crippen molar-refractivity contribution in [3.05, 3.63) is 46.5 Å². The Morgan fingerprint density at radius 1 is 1.27 bits per heavy atom. The summed E-state index contributed by atoms with van der Waals surface area (Å²) >= 11 is 5.79. The third-order valence-electron chi connectivity index (χ3n) is 4.75. The maximum atomic E-state index is 13.1. The van der Waals surface area contributed by atoms with Crippen LogP contribution in [0.3, 0.4) is 0 Å². The average molecular weight is 443 g/mol. The van der Waals surface area contributed by atoms with Gasteiger partial charge < -0.3 is 4.90 Å². The van der Waals surface area contributed by atoms with Gasteiger partial charge >= 0.3 is 6.18 Å². The van der Waals surface area contributed by atoms with Gasteiger partial charge in [0.05, 0.1) is 11.6 Å². The van der Waals surface area contributed by atoms with Gasteiger partial charge in [0.2, 0.25) is 5.91 Å². The van der Waals surface area contributed by atoms with Gasteiger partial charge in [0.1, 0.15) is 6.33 Å². The molecule has 1 atom stereocenters. The van der Waals surface area contributed by atoms with Crippen LogP contribution in [-0.4, -0.2) is 56.4 Å². The van der Waals surface area contributed by atoms with Gasteiger partial charge in [-0.25, -0.2) is 9.99 Å². The molecule has 0 unspecified atom stereocenters. The summed E-state index contributed by atoms with van der Waals surface area (Å²) in [5.41, 5.74) is -1.21. The van der Waals surface area contributed by atoms with Crippen LogP contribution in [0, 0.1) is 0 Å². The van der Waals surface area contributed by atoms with Crippen LogP contribution in [0.15, 0.2) is 29.6 Å². The number of carbonyl (C=O) groups excluding carboxylic acids is 2. The molecule has 1 aromatic heterocycles. The summed E-state index contributed by atoms with van der Waals surface area (Å²) in [6.45, 7) is 1.66. The number of aromatic nitrogens is 3. The van der Waals surface area contributed by atoms with Crippen LogP contribution < -0.4 is 0 Å². The average Bonchev–Trinajstić information content (AvgIpc) is 3.17. The van der Waals surface area contributed by atoms with E-state index in [2.05, 4.69) is 15.2 Å². The van der Waals surface area contributed by atoms with E-state index in [1.165, 1.54) is 41.1 Å². The van der Waals surface area contributed by atoms with Crippen LogP contribution in [-0.2, 0) is 11.0 Å². The number of rotatable bonds is 3. The predicted molar refractivity (Wildman–Crippen MR) is 102 cm³/mol. The molecule has 2 aromatic rings. The largest absolute Gasteiger partial charge is 0.416 e. The fraction of sp³-hybridized carbons (Fsp3) is 0.389. The fourth-order valence-corrected chi connectivity index (χ4v) is 3.21. The molecule has 0 fully saturated rings. The number of carbonyl (C=O) groups is 2. The molecule has 1 aliphatic rings. The van der Waals surface area contributed by atoms with Crippen molar-refractivity contribution in [3.63, 3.8) is 0 Å². The second kappa shape index (κ2) is 8.05. The predicted octanol–water partition coefficient (Wildman–Crippen LogP) is 3.20. The molecule has 160 valence electrons. The Labute approximate surface area is 174 Å². The van der Waals surface area contributed by atoms with Gasteiger partial charge in [-0.3, -0.25) is 9.59 Å². The maximum Gasteiger partial charge on any atom is 0.416 e. The first-order valence-corrected chi connectivity index (χ1v) is 9.26. The number of halogens is 4. The van der Waals surface area contributed by atoms with Gasteiger partial charge in [-0.05, 0) is 25.1 Å². The quantitative estimate of drug-likeness (QED) is 0.730. The zero-order valence-corrected chi connectivity index (χ0v) is 17.1. The lowest BCUT2D eigenvalue weighted by molar-refractivity contribution is -0.137. The highest BCUT2D eigenvalue weighted by atomic mass is 35.5. The Morgan fingerprint density at radius 3 is 2.60 bits per heavy atom. The van der Waals surface area contributed by atoms with Gasteiger partial charge in [-0.1, -0.05) is 11.6 Å². The molecular weight excluding hydrogens is 425 g/mol.